The molecular weight excluding hydrogens is 284 g/mol. The van der Waals surface area contributed by atoms with Crippen LogP contribution in [0.25, 0.3) is 0 Å². The number of carbonyl (C=O) groups excluding carboxylic acids is 2. The number of amides is 2. The van der Waals surface area contributed by atoms with Gasteiger partial charge in [-0.3, -0.25) is 9.59 Å². The van der Waals surface area contributed by atoms with Gasteiger partial charge in [0.1, 0.15) is 6.04 Å². The molecule has 1 unspecified atom stereocenters. The van der Waals surface area contributed by atoms with E-state index in [1.165, 1.54) is 0 Å². The van der Waals surface area contributed by atoms with E-state index in [1.807, 2.05) is 6.07 Å². The Hall–Kier alpha value is -2.37. The van der Waals surface area contributed by atoms with Gasteiger partial charge in [-0.25, -0.2) is 4.79 Å². The van der Waals surface area contributed by atoms with E-state index in [-0.39, 0.29) is 18.9 Å². The standard InChI is InChI=1S/C16H22N2O4/c1-16(2,3)15(22)17-10-13(19)18-12(14(20)21)9-11-7-5-4-6-8-11/h4-8,12H,9-10H2,1-3H3,(H,17,22)(H,18,19)(H,20,21). The van der Waals surface area contributed by atoms with Crippen LogP contribution in [0, 0.1) is 5.41 Å². The van der Waals surface area contributed by atoms with Gasteiger partial charge < -0.3 is 15.7 Å². The maximum atomic E-state index is 11.8. The molecule has 1 atom stereocenters. The molecule has 6 nitrogen and oxygen atoms in total. The monoisotopic (exact) mass is 306 g/mol. The van der Waals surface area contributed by atoms with E-state index in [4.69, 9.17) is 0 Å². The molecule has 0 radical (unpaired) electrons. The number of hydrogen-bond donors (Lipinski definition) is 3. The second kappa shape index (κ2) is 7.59. The van der Waals surface area contributed by atoms with Crippen LogP contribution in [-0.4, -0.2) is 35.5 Å². The fourth-order valence-corrected chi connectivity index (χ4v) is 1.72. The minimum Gasteiger partial charge on any atom is -0.480 e. The number of aliphatic carboxylic acids is 1. The molecule has 2 amide bonds. The number of carbonyl (C=O) groups is 3. The second-order valence-corrected chi connectivity index (χ2v) is 6.08. The molecule has 1 aromatic rings. The fraction of sp³-hybridized carbons (Fsp3) is 0.438. The lowest BCUT2D eigenvalue weighted by atomic mass is 9.96. The third kappa shape index (κ3) is 5.95. The van der Waals surface area contributed by atoms with E-state index in [2.05, 4.69) is 10.6 Å². The fourth-order valence-electron chi connectivity index (χ4n) is 1.72. The van der Waals surface area contributed by atoms with Crippen LogP contribution in [0.4, 0.5) is 0 Å². The first kappa shape index (κ1) is 17.7. The molecule has 0 saturated carbocycles. The zero-order valence-corrected chi connectivity index (χ0v) is 13.1. The Morgan fingerprint density at radius 1 is 1.14 bits per heavy atom. The predicted molar refractivity (Wildman–Crippen MR) is 82.2 cm³/mol. The van der Waals surface area contributed by atoms with E-state index >= 15 is 0 Å². The maximum absolute atomic E-state index is 11.8. The Kier molecular flexibility index (Phi) is 6.10. The van der Waals surface area contributed by atoms with Crippen molar-refractivity contribution in [1.82, 2.24) is 10.6 Å². The molecule has 22 heavy (non-hydrogen) atoms. The van der Waals surface area contributed by atoms with Crippen LogP contribution in [0.2, 0.25) is 0 Å². The molecule has 0 aliphatic carbocycles. The van der Waals surface area contributed by atoms with Crippen LogP contribution < -0.4 is 10.6 Å². The van der Waals surface area contributed by atoms with Crippen molar-refractivity contribution in [3.05, 3.63) is 35.9 Å². The summed E-state index contributed by atoms with van der Waals surface area (Å²) in [6.45, 7) is 4.95. The van der Waals surface area contributed by atoms with Gasteiger partial charge >= 0.3 is 5.97 Å². The zero-order valence-electron chi connectivity index (χ0n) is 13.1. The molecule has 6 heteroatoms. The van der Waals surface area contributed by atoms with Crippen molar-refractivity contribution in [3.8, 4) is 0 Å². The summed E-state index contributed by atoms with van der Waals surface area (Å²) >= 11 is 0. The van der Waals surface area contributed by atoms with Gasteiger partial charge in [0.2, 0.25) is 11.8 Å². The van der Waals surface area contributed by atoms with Crippen LogP contribution in [0.5, 0.6) is 0 Å². The first-order valence-corrected chi connectivity index (χ1v) is 7.04. The van der Waals surface area contributed by atoms with Gasteiger partial charge in [-0.1, -0.05) is 51.1 Å². The minimum atomic E-state index is -1.11. The Morgan fingerprint density at radius 3 is 2.23 bits per heavy atom. The first-order valence-electron chi connectivity index (χ1n) is 7.04. The van der Waals surface area contributed by atoms with Gasteiger partial charge in [-0.05, 0) is 5.56 Å². The van der Waals surface area contributed by atoms with Crippen molar-refractivity contribution in [1.29, 1.82) is 0 Å². The van der Waals surface area contributed by atoms with Crippen molar-refractivity contribution in [2.75, 3.05) is 6.54 Å². The van der Waals surface area contributed by atoms with Crippen molar-refractivity contribution < 1.29 is 19.5 Å². The predicted octanol–water partition coefficient (Wildman–Crippen LogP) is 0.961. The summed E-state index contributed by atoms with van der Waals surface area (Å²) in [7, 11) is 0. The van der Waals surface area contributed by atoms with Gasteiger partial charge in [-0.15, -0.1) is 0 Å². The summed E-state index contributed by atoms with van der Waals surface area (Å²) < 4.78 is 0. The third-order valence-electron chi connectivity index (χ3n) is 3.01. The lowest BCUT2D eigenvalue weighted by molar-refractivity contribution is -0.141. The summed E-state index contributed by atoms with van der Waals surface area (Å²) in [4.78, 5) is 34.7. The molecule has 3 N–H and O–H groups in total. The van der Waals surface area contributed by atoms with E-state index in [9.17, 15) is 19.5 Å². The SMILES string of the molecule is CC(C)(C)C(=O)NCC(=O)NC(Cc1ccccc1)C(=O)O. The summed E-state index contributed by atoms with van der Waals surface area (Å²) in [6.07, 6.45) is 0.190. The van der Waals surface area contributed by atoms with Gasteiger partial charge in [0, 0.05) is 11.8 Å². The van der Waals surface area contributed by atoms with Crippen LogP contribution >= 0.6 is 0 Å². The summed E-state index contributed by atoms with van der Waals surface area (Å²) in [5.41, 5.74) is 0.213. The average Bonchev–Trinajstić information content (AvgIpc) is 2.44. The lowest BCUT2D eigenvalue weighted by Gasteiger charge is -2.19. The molecule has 1 rings (SSSR count). The number of carboxylic acid groups (broad SMARTS) is 1. The highest BCUT2D eigenvalue weighted by Crippen LogP contribution is 2.11. The van der Waals surface area contributed by atoms with Crippen molar-refractivity contribution in [2.24, 2.45) is 5.41 Å². The molecule has 0 bridgehead atoms. The Balaban J connectivity index is 2.55. The molecule has 0 aliphatic rings. The van der Waals surface area contributed by atoms with Gasteiger partial charge in [0.25, 0.3) is 0 Å². The normalized spacial score (nSPS) is 12.3. The van der Waals surface area contributed by atoms with Crippen LogP contribution in [-0.2, 0) is 20.8 Å². The van der Waals surface area contributed by atoms with Crippen molar-refractivity contribution in [2.45, 2.75) is 33.2 Å². The molecule has 0 saturated heterocycles. The minimum absolute atomic E-state index is 0.190. The highest BCUT2D eigenvalue weighted by Gasteiger charge is 2.23. The first-order chi connectivity index (χ1) is 10.2. The molecule has 0 aliphatic heterocycles. The molecule has 0 aromatic heterocycles. The van der Waals surface area contributed by atoms with Crippen molar-refractivity contribution >= 4 is 17.8 Å². The molecule has 0 fully saturated rings. The summed E-state index contributed by atoms with van der Waals surface area (Å²) in [6, 6.07) is 8.01. The van der Waals surface area contributed by atoms with Crippen LogP contribution in [0.1, 0.15) is 26.3 Å². The summed E-state index contributed by atoms with van der Waals surface area (Å²) in [5.74, 6) is -1.90. The number of nitrogens with one attached hydrogen (secondary N) is 2. The van der Waals surface area contributed by atoms with Crippen LogP contribution in [0.15, 0.2) is 30.3 Å². The van der Waals surface area contributed by atoms with Crippen LogP contribution in [0.3, 0.4) is 0 Å². The smallest absolute Gasteiger partial charge is 0.326 e. The molecule has 1 aromatic carbocycles. The highest BCUT2D eigenvalue weighted by molar-refractivity contribution is 5.89. The highest BCUT2D eigenvalue weighted by atomic mass is 16.4. The zero-order chi connectivity index (χ0) is 16.8. The number of benzene rings is 1. The van der Waals surface area contributed by atoms with E-state index in [1.54, 1.807) is 45.0 Å². The Labute approximate surface area is 129 Å². The molecule has 0 heterocycles. The second-order valence-electron chi connectivity index (χ2n) is 6.08. The molecule has 120 valence electrons. The maximum Gasteiger partial charge on any atom is 0.326 e. The molecule has 0 spiro atoms. The van der Waals surface area contributed by atoms with E-state index in [0.717, 1.165) is 5.56 Å². The third-order valence-corrected chi connectivity index (χ3v) is 3.01. The van der Waals surface area contributed by atoms with E-state index < -0.39 is 23.3 Å². The Morgan fingerprint density at radius 2 is 1.73 bits per heavy atom. The number of hydrogen-bond acceptors (Lipinski definition) is 3. The topological polar surface area (TPSA) is 95.5 Å². The van der Waals surface area contributed by atoms with E-state index in [0.29, 0.717) is 0 Å². The van der Waals surface area contributed by atoms with Gasteiger partial charge in [0.15, 0.2) is 0 Å². The largest absolute Gasteiger partial charge is 0.480 e. The molecular formula is C16H22N2O4. The summed E-state index contributed by atoms with van der Waals surface area (Å²) in [5, 5.41) is 14.1. The number of rotatable bonds is 6. The average molecular weight is 306 g/mol. The number of carboxylic acids is 1. The Bertz CT molecular complexity index is 535. The lowest BCUT2D eigenvalue weighted by Crippen LogP contribution is -2.48. The van der Waals surface area contributed by atoms with Crippen molar-refractivity contribution in [3.63, 3.8) is 0 Å². The van der Waals surface area contributed by atoms with Gasteiger partial charge in [0.05, 0.1) is 6.54 Å². The van der Waals surface area contributed by atoms with Gasteiger partial charge in [-0.2, -0.15) is 0 Å². The quantitative estimate of drug-likeness (QED) is 0.729.